The predicted molar refractivity (Wildman–Crippen MR) is 91.4 cm³/mol. The maximum Gasteiger partial charge on any atom is 0.326 e. The molecule has 1 aliphatic carbocycles. The largest absolute Gasteiger partial charge is 0.480 e. The molecule has 6 heteroatoms. The van der Waals surface area contributed by atoms with E-state index in [-0.39, 0.29) is 18.9 Å². The van der Waals surface area contributed by atoms with E-state index in [0.29, 0.717) is 17.9 Å². The molecule has 2 aromatic rings. The molecule has 2 fully saturated rings. The fraction of sp³-hybridized carbons (Fsp3) is 0.421. The first-order valence-electron chi connectivity index (χ1n) is 8.66. The summed E-state index contributed by atoms with van der Waals surface area (Å²) in [5.41, 5.74) is 2.18. The number of aliphatic hydroxyl groups excluding tert-OH is 1. The number of amides is 1. The van der Waals surface area contributed by atoms with Crippen LogP contribution in [0.25, 0.3) is 10.9 Å². The average molecular weight is 340 g/mol. The van der Waals surface area contributed by atoms with Crippen LogP contribution >= 0.6 is 0 Å². The van der Waals surface area contributed by atoms with Gasteiger partial charge in [-0.3, -0.25) is 9.78 Å². The monoisotopic (exact) mass is 340 g/mol. The van der Waals surface area contributed by atoms with E-state index in [4.69, 9.17) is 0 Å². The summed E-state index contributed by atoms with van der Waals surface area (Å²) in [5, 5.41) is 20.0. The lowest BCUT2D eigenvalue weighted by molar-refractivity contribution is -0.145. The third kappa shape index (κ3) is 2.98. The highest BCUT2D eigenvalue weighted by Gasteiger charge is 2.37. The Hall–Kier alpha value is -2.47. The minimum atomic E-state index is -1.08. The summed E-state index contributed by atoms with van der Waals surface area (Å²) < 4.78 is 0. The molecule has 1 saturated carbocycles. The van der Waals surface area contributed by atoms with Crippen molar-refractivity contribution >= 4 is 22.8 Å². The number of piperidine rings is 1. The number of hydrogen-bond acceptors (Lipinski definition) is 4. The van der Waals surface area contributed by atoms with Crippen molar-refractivity contribution in [3.05, 3.63) is 41.6 Å². The fourth-order valence-corrected chi connectivity index (χ4v) is 3.54. The Balaban J connectivity index is 1.77. The van der Waals surface area contributed by atoms with Crippen molar-refractivity contribution in [1.82, 2.24) is 9.88 Å². The molecule has 6 nitrogen and oxygen atoms in total. The molecule has 2 heterocycles. The second kappa shape index (κ2) is 6.11. The van der Waals surface area contributed by atoms with Crippen molar-refractivity contribution in [3.63, 3.8) is 0 Å². The molecule has 2 atom stereocenters. The van der Waals surface area contributed by atoms with Gasteiger partial charge in [0.1, 0.15) is 6.04 Å². The van der Waals surface area contributed by atoms with Crippen LogP contribution in [-0.4, -0.2) is 50.7 Å². The van der Waals surface area contributed by atoms with E-state index in [1.54, 1.807) is 0 Å². The molecule has 2 aliphatic rings. The maximum atomic E-state index is 13.2. The quantitative estimate of drug-likeness (QED) is 0.893. The molecule has 1 aliphatic heterocycles. The van der Waals surface area contributed by atoms with E-state index in [1.807, 2.05) is 30.3 Å². The number of aliphatic carboxylic acids is 1. The van der Waals surface area contributed by atoms with Gasteiger partial charge in [-0.15, -0.1) is 0 Å². The van der Waals surface area contributed by atoms with Crippen LogP contribution in [-0.2, 0) is 4.79 Å². The number of nitrogens with zero attached hydrogens (tertiary/aromatic N) is 2. The second-order valence-electron chi connectivity index (χ2n) is 6.92. The number of aliphatic hydroxyl groups is 1. The van der Waals surface area contributed by atoms with Crippen molar-refractivity contribution < 1.29 is 19.8 Å². The molecule has 0 unspecified atom stereocenters. The Labute approximate surface area is 145 Å². The lowest BCUT2D eigenvalue weighted by atomic mass is 9.97. The highest BCUT2D eigenvalue weighted by Crippen LogP contribution is 2.40. The van der Waals surface area contributed by atoms with Gasteiger partial charge in [-0.25, -0.2) is 4.79 Å². The minimum Gasteiger partial charge on any atom is -0.480 e. The normalized spacial score (nSPS) is 23.6. The Morgan fingerprint density at radius 2 is 1.92 bits per heavy atom. The summed E-state index contributed by atoms with van der Waals surface area (Å²) in [6.45, 7) is 0.242. The van der Waals surface area contributed by atoms with Crippen LogP contribution in [0.15, 0.2) is 30.3 Å². The lowest BCUT2D eigenvalue weighted by Crippen LogP contribution is -2.51. The van der Waals surface area contributed by atoms with Gasteiger partial charge in [-0.05, 0) is 31.4 Å². The molecule has 130 valence electrons. The van der Waals surface area contributed by atoms with Crippen molar-refractivity contribution in [3.8, 4) is 0 Å². The van der Waals surface area contributed by atoms with Gasteiger partial charge >= 0.3 is 5.97 Å². The first-order valence-corrected chi connectivity index (χ1v) is 8.66. The van der Waals surface area contributed by atoms with Crippen LogP contribution < -0.4 is 0 Å². The molecule has 1 aromatic heterocycles. The highest BCUT2D eigenvalue weighted by atomic mass is 16.4. The van der Waals surface area contributed by atoms with Crippen LogP contribution in [0.1, 0.15) is 47.7 Å². The van der Waals surface area contributed by atoms with Gasteiger partial charge in [0.2, 0.25) is 0 Å². The van der Waals surface area contributed by atoms with E-state index < -0.39 is 18.1 Å². The number of benzene rings is 1. The molecule has 1 saturated heterocycles. The second-order valence-corrected chi connectivity index (χ2v) is 6.92. The summed E-state index contributed by atoms with van der Waals surface area (Å²) in [7, 11) is 0. The maximum absolute atomic E-state index is 13.2. The SMILES string of the molecule is O=C(O)[C@H]1C[C@@H](O)CCN1C(=O)c1cc(C2CC2)nc2ccccc12. The van der Waals surface area contributed by atoms with Crippen molar-refractivity contribution in [1.29, 1.82) is 0 Å². The highest BCUT2D eigenvalue weighted by molar-refractivity contribution is 6.07. The van der Waals surface area contributed by atoms with Crippen LogP contribution in [0.4, 0.5) is 0 Å². The zero-order valence-electron chi connectivity index (χ0n) is 13.8. The minimum absolute atomic E-state index is 0.0690. The number of hydrogen-bond donors (Lipinski definition) is 2. The van der Waals surface area contributed by atoms with Gasteiger partial charge in [0.15, 0.2) is 0 Å². The average Bonchev–Trinajstić information content (AvgIpc) is 3.45. The molecule has 1 aromatic carbocycles. The van der Waals surface area contributed by atoms with E-state index in [9.17, 15) is 19.8 Å². The van der Waals surface area contributed by atoms with Gasteiger partial charge in [0.25, 0.3) is 5.91 Å². The van der Waals surface area contributed by atoms with Gasteiger partial charge in [-0.2, -0.15) is 0 Å². The van der Waals surface area contributed by atoms with E-state index >= 15 is 0 Å². The number of carboxylic acids is 1. The number of rotatable bonds is 3. The molecule has 2 N–H and O–H groups in total. The van der Waals surface area contributed by atoms with Gasteiger partial charge in [0, 0.05) is 30.0 Å². The number of aromatic nitrogens is 1. The van der Waals surface area contributed by atoms with Crippen molar-refractivity contribution in [2.45, 2.75) is 43.7 Å². The van der Waals surface area contributed by atoms with Crippen molar-refractivity contribution in [2.24, 2.45) is 0 Å². The number of pyridine rings is 1. The van der Waals surface area contributed by atoms with E-state index in [0.717, 1.165) is 29.4 Å². The molecule has 1 amide bonds. The summed E-state index contributed by atoms with van der Waals surface area (Å²) in [4.78, 5) is 30.8. The van der Waals surface area contributed by atoms with Gasteiger partial charge < -0.3 is 15.1 Å². The Kier molecular flexibility index (Phi) is 3.92. The number of likely N-dealkylation sites (tertiary alicyclic amines) is 1. The zero-order valence-corrected chi connectivity index (χ0v) is 13.8. The number of carbonyl (C=O) groups is 2. The predicted octanol–water partition coefficient (Wildman–Crippen LogP) is 2.16. The summed E-state index contributed by atoms with van der Waals surface area (Å²) >= 11 is 0. The molecular weight excluding hydrogens is 320 g/mol. The van der Waals surface area contributed by atoms with E-state index in [1.165, 1.54) is 4.90 Å². The van der Waals surface area contributed by atoms with Gasteiger partial charge in [0.05, 0.1) is 17.2 Å². The Bertz CT molecular complexity index is 846. The molecule has 0 bridgehead atoms. The topological polar surface area (TPSA) is 90.7 Å². The molecule has 0 spiro atoms. The molecular formula is C19H20N2O4. The van der Waals surface area contributed by atoms with Crippen molar-refractivity contribution in [2.75, 3.05) is 6.54 Å². The summed E-state index contributed by atoms with van der Waals surface area (Å²) in [6, 6.07) is 8.30. The third-order valence-electron chi connectivity index (χ3n) is 5.08. The van der Waals surface area contributed by atoms with E-state index in [2.05, 4.69) is 4.98 Å². The number of carboxylic acid groups (broad SMARTS) is 1. The Morgan fingerprint density at radius 3 is 2.64 bits per heavy atom. The molecule has 4 rings (SSSR count). The van der Waals surface area contributed by atoms with Crippen LogP contribution in [0.2, 0.25) is 0 Å². The summed E-state index contributed by atoms with van der Waals surface area (Å²) in [6.07, 6.45) is 1.94. The fourth-order valence-electron chi connectivity index (χ4n) is 3.54. The third-order valence-corrected chi connectivity index (χ3v) is 5.08. The van der Waals surface area contributed by atoms with Gasteiger partial charge in [-0.1, -0.05) is 18.2 Å². The number of fused-ring (bicyclic) bond motifs is 1. The van der Waals surface area contributed by atoms with Crippen LogP contribution in [0, 0.1) is 0 Å². The molecule has 25 heavy (non-hydrogen) atoms. The molecule has 0 radical (unpaired) electrons. The zero-order chi connectivity index (χ0) is 17.6. The summed E-state index contributed by atoms with van der Waals surface area (Å²) in [5.74, 6) is -0.970. The van der Waals surface area contributed by atoms with Crippen LogP contribution in [0.3, 0.4) is 0 Å². The smallest absolute Gasteiger partial charge is 0.326 e. The Morgan fingerprint density at radius 1 is 1.16 bits per heavy atom. The lowest BCUT2D eigenvalue weighted by Gasteiger charge is -2.35. The number of carbonyl (C=O) groups excluding carboxylic acids is 1. The first kappa shape index (κ1) is 16.0. The standard InChI is InChI=1S/C19H20N2O4/c22-12-7-8-21(17(9-12)19(24)25)18(23)14-10-16(11-5-6-11)20-15-4-2-1-3-13(14)15/h1-4,10-12,17,22H,5-9H2,(H,24,25)/t12-,17+/m0/s1. The first-order chi connectivity index (χ1) is 12.0. The number of para-hydroxylation sites is 1. The van der Waals surface area contributed by atoms with Crippen LogP contribution in [0.5, 0.6) is 0 Å².